The van der Waals surface area contributed by atoms with Gasteiger partial charge < -0.3 is 10.1 Å². The lowest BCUT2D eigenvalue weighted by Gasteiger charge is -2.06. The van der Waals surface area contributed by atoms with Crippen LogP contribution in [0.1, 0.15) is 15.9 Å². The highest BCUT2D eigenvalue weighted by atomic mass is 16.5. The maximum absolute atomic E-state index is 11.7. The summed E-state index contributed by atoms with van der Waals surface area (Å²) in [6.07, 6.45) is 2.89. The molecule has 0 fully saturated rings. The summed E-state index contributed by atoms with van der Waals surface area (Å²) >= 11 is 0. The van der Waals surface area contributed by atoms with Gasteiger partial charge in [-0.05, 0) is 30.3 Å². The first-order valence-corrected chi connectivity index (χ1v) is 6.06. The lowest BCUT2D eigenvalue weighted by molar-refractivity contribution is -0.119. The third-order valence-electron chi connectivity index (χ3n) is 2.51. The lowest BCUT2D eigenvalue weighted by Crippen LogP contribution is -2.21. The summed E-state index contributed by atoms with van der Waals surface area (Å²) in [7, 11) is 0. The molecule has 1 amide bonds. The minimum Gasteiger partial charge on any atom is -0.452 e. The topological polar surface area (TPSA) is 92.1 Å². The van der Waals surface area contributed by atoms with Crippen LogP contribution in [0.3, 0.4) is 0 Å². The van der Waals surface area contributed by atoms with E-state index in [9.17, 15) is 9.59 Å². The number of ether oxygens (including phenoxy) is 1. The molecule has 0 aliphatic heterocycles. The van der Waals surface area contributed by atoms with Crippen molar-refractivity contribution in [3.8, 4) is 6.07 Å². The molecule has 1 aromatic heterocycles. The fourth-order valence-electron chi connectivity index (χ4n) is 1.56. The summed E-state index contributed by atoms with van der Waals surface area (Å²) in [6.45, 7) is -0.412. The van der Waals surface area contributed by atoms with Gasteiger partial charge in [-0.1, -0.05) is 6.07 Å². The Labute approximate surface area is 121 Å². The standard InChI is InChI=1S/C15H11N3O3/c16-8-11-3-1-5-13(7-11)18-14(19)10-21-15(20)12-4-2-6-17-9-12/h1-7,9H,10H2,(H,18,19). The van der Waals surface area contributed by atoms with Crippen LogP contribution in [0.25, 0.3) is 0 Å². The van der Waals surface area contributed by atoms with Gasteiger partial charge in [-0.25, -0.2) is 4.79 Å². The van der Waals surface area contributed by atoms with Crippen LogP contribution in [0, 0.1) is 11.3 Å². The molecule has 1 N–H and O–H groups in total. The van der Waals surface area contributed by atoms with E-state index in [0.29, 0.717) is 11.3 Å². The molecule has 0 aliphatic rings. The number of carbonyl (C=O) groups excluding carboxylic acids is 2. The average molecular weight is 281 g/mol. The van der Waals surface area contributed by atoms with E-state index < -0.39 is 18.5 Å². The van der Waals surface area contributed by atoms with Crippen molar-refractivity contribution in [2.45, 2.75) is 0 Å². The Morgan fingerprint density at radius 1 is 1.29 bits per heavy atom. The lowest BCUT2D eigenvalue weighted by atomic mass is 10.2. The van der Waals surface area contributed by atoms with Crippen molar-refractivity contribution >= 4 is 17.6 Å². The van der Waals surface area contributed by atoms with Gasteiger partial charge in [-0.2, -0.15) is 5.26 Å². The van der Waals surface area contributed by atoms with Gasteiger partial charge in [0.25, 0.3) is 5.91 Å². The Kier molecular flexibility index (Phi) is 4.62. The molecule has 0 radical (unpaired) electrons. The number of esters is 1. The summed E-state index contributed by atoms with van der Waals surface area (Å²) in [4.78, 5) is 27.1. The Morgan fingerprint density at radius 3 is 2.86 bits per heavy atom. The highest BCUT2D eigenvalue weighted by molar-refractivity contribution is 5.95. The fraction of sp³-hybridized carbons (Fsp3) is 0.0667. The van der Waals surface area contributed by atoms with Crippen LogP contribution in [0.4, 0.5) is 5.69 Å². The van der Waals surface area contributed by atoms with Gasteiger partial charge >= 0.3 is 5.97 Å². The minimum atomic E-state index is -0.621. The van der Waals surface area contributed by atoms with Gasteiger partial charge in [0.2, 0.25) is 0 Å². The van der Waals surface area contributed by atoms with Crippen molar-refractivity contribution in [1.82, 2.24) is 4.98 Å². The summed E-state index contributed by atoms with van der Waals surface area (Å²) < 4.78 is 4.86. The van der Waals surface area contributed by atoms with E-state index in [1.807, 2.05) is 6.07 Å². The minimum absolute atomic E-state index is 0.275. The highest BCUT2D eigenvalue weighted by Crippen LogP contribution is 2.09. The van der Waals surface area contributed by atoms with Crippen molar-refractivity contribution < 1.29 is 14.3 Å². The number of nitriles is 1. The molecule has 0 bridgehead atoms. The van der Waals surface area contributed by atoms with Crippen LogP contribution in [-0.2, 0) is 9.53 Å². The van der Waals surface area contributed by atoms with Crippen LogP contribution in [-0.4, -0.2) is 23.5 Å². The second-order valence-electron chi connectivity index (χ2n) is 4.06. The molecule has 0 aliphatic carbocycles. The van der Waals surface area contributed by atoms with E-state index in [4.69, 9.17) is 10.00 Å². The second-order valence-corrected chi connectivity index (χ2v) is 4.06. The van der Waals surface area contributed by atoms with Gasteiger partial charge in [0.1, 0.15) is 0 Å². The Bertz CT molecular complexity index is 693. The number of hydrogen-bond donors (Lipinski definition) is 1. The van der Waals surface area contributed by atoms with Crippen molar-refractivity contribution in [3.63, 3.8) is 0 Å². The third kappa shape index (κ3) is 4.14. The molecule has 2 aromatic rings. The van der Waals surface area contributed by atoms with E-state index in [1.54, 1.807) is 30.3 Å². The van der Waals surface area contributed by atoms with Gasteiger partial charge in [-0.3, -0.25) is 9.78 Å². The molecule has 0 spiro atoms. The molecule has 6 nitrogen and oxygen atoms in total. The normalized spacial score (nSPS) is 9.48. The molecule has 1 heterocycles. The molecular formula is C15H11N3O3. The zero-order valence-corrected chi connectivity index (χ0v) is 10.9. The monoisotopic (exact) mass is 281 g/mol. The number of carbonyl (C=O) groups is 2. The van der Waals surface area contributed by atoms with Crippen LogP contribution in [0.15, 0.2) is 48.8 Å². The molecule has 104 valence electrons. The number of rotatable bonds is 4. The zero-order valence-electron chi connectivity index (χ0n) is 10.9. The number of hydrogen-bond acceptors (Lipinski definition) is 5. The molecule has 0 saturated heterocycles. The predicted molar refractivity (Wildman–Crippen MR) is 74.3 cm³/mol. The number of aromatic nitrogens is 1. The van der Waals surface area contributed by atoms with Crippen molar-refractivity contribution in [2.75, 3.05) is 11.9 Å². The fourth-order valence-corrected chi connectivity index (χ4v) is 1.56. The molecule has 0 atom stereocenters. The number of benzene rings is 1. The van der Waals surface area contributed by atoms with E-state index >= 15 is 0 Å². The summed E-state index contributed by atoms with van der Waals surface area (Å²) in [5.74, 6) is -1.11. The van der Waals surface area contributed by atoms with Crippen LogP contribution in [0.5, 0.6) is 0 Å². The smallest absolute Gasteiger partial charge is 0.340 e. The maximum atomic E-state index is 11.7. The third-order valence-corrected chi connectivity index (χ3v) is 2.51. The summed E-state index contributed by atoms with van der Waals surface area (Å²) in [5.41, 5.74) is 1.17. The molecular weight excluding hydrogens is 270 g/mol. The molecule has 21 heavy (non-hydrogen) atoms. The second kappa shape index (κ2) is 6.82. The van der Waals surface area contributed by atoms with Crippen LogP contribution < -0.4 is 5.32 Å². The number of anilines is 1. The molecule has 0 saturated carbocycles. The summed E-state index contributed by atoms with van der Waals surface area (Å²) in [6, 6.07) is 11.6. The number of pyridine rings is 1. The Balaban J connectivity index is 1.88. The maximum Gasteiger partial charge on any atom is 0.340 e. The zero-order chi connectivity index (χ0) is 15.1. The van der Waals surface area contributed by atoms with Crippen molar-refractivity contribution in [1.29, 1.82) is 5.26 Å². The number of nitrogens with zero attached hydrogens (tertiary/aromatic N) is 2. The molecule has 2 rings (SSSR count). The molecule has 1 aromatic carbocycles. The predicted octanol–water partition coefficient (Wildman–Crippen LogP) is 1.75. The largest absolute Gasteiger partial charge is 0.452 e. The first kappa shape index (κ1) is 14.2. The van der Waals surface area contributed by atoms with E-state index in [-0.39, 0.29) is 5.56 Å². The summed E-state index contributed by atoms with van der Waals surface area (Å²) in [5, 5.41) is 11.3. The highest BCUT2D eigenvalue weighted by Gasteiger charge is 2.10. The Morgan fingerprint density at radius 2 is 2.14 bits per heavy atom. The van der Waals surface area contributed by atoms with Crippen LogP contribution >= 0.6 is 0 Å². The first-order chi connectivity index (χ1) is 10.2. The molecule has 0 unspecified atom stereocenters. The number of nitrogens with one attached hydrogen (secondary N) is 1. The first-order valence-electron chi connectivity index (χ1n) is 6.06. The van der Waals surface area contributed by atoms with Gasteiger partial charge in [-0.15, -0.1) is 0 Å². The van der Waals surface area contributed by atoms with E-state index in [2.05, 4.69) is 10.3 Å². The number of amides is 1. The average Bonchev–Trinajstić information content (AvgIpc) is 2.53. The van der Waals surface area contributed by atoms with Crippen LogP contribution in [0.2, 0.25) is 0 Å². The van der Waals surface area contributed by atoms with E-state index in [0.717, 1.165) is 0 Å². The Hall–Kier alpha value is -3.20. The quantitative estimate of drug-likeness (QED) is 0.862. The molecule has 6 heteroatoms. The van der Waals surface area contributed by atoms with E-state index in [1.165, 1.54) is 18.5 Å². The van der Waals surface area contributed by atoms with Gasteiger partial charge in [0.15, 0.2) is 6.61 Å². The van der Waals surface area contributed by atoms with Crippen molar-refractivity contribution in [2.24, 2.45) is 0 Å². The van der Waals surface area contributed by atoms with Gasteiger partial charge in [0.05, 0.1) is 17.2 Å². The van der Waals surface area contributed by atoms with Gasteiger partial charge in [0, 0.05) is 18.1 Å². The SMILES string of the molecule is N#Cc1cccc(NC(=O)COC(=O)c2cccnc2)c1. The van der Waals surface area contributed by atoms with Crippen molar-refractivity contribution in [3.05, 3.63) is 59.9 Å².